The Morgan fingerprint density at radius 2 is 1.50 bits per heavy atom. The molecule has 1 aliphatic heterocycles. The molecule has 0 radical (unpaired) electrons. The van der Waals surface area contributed by atoms with Crippen LogP contribution in [0.3, 0.4) is 0 Å². The van der Waals surface area contributed by atoms with Gasteiger partial charge >= 0.3 is 11.9 Å². The van der Waals surface area contributed by atoms with Gasteiger partial charge in [0.15, 0.2) is 5.43 Å². The molecule has 0 fully saturated rings. The lowest BCUT2D eigenvalue weighted by Crippen LogP contribution is -2.33. The molecule has 0 aliphatic carbocycles. The van der Waals surface area contributed by atoms with Gasteiger partial charge in [0.25, 0.3) is 0 Å². The van der Waals surface area contributed by atoms with Gasteiger partial charge in [0.05, 0.1) is 30.3 Å². The highest BCUT2D eigenvalue weighted by atomic mass is 16.5. The van der Waals surface area contributed by atoms with Gasteiger partial charge in [-0.3, -0.25) is 4.79 Å². The zero-order chi connectivity index (χ0) is 19.4. The minimum Gasteiger partial charge on any atom is -0.465 e. The Kier molecular flexibility index (Phi) is 6.02. The van der Waals surface area contributed by atoms with E-state index < -0.39 is 17.9 Å². The second-order valence-electron chi connectivity index (χ2n) is 5.88. The minimum absolute atomic E-state index is 0.178. The predicted molar refractivity (Wildman–Crippen MR) is 94.3 cm³/mol. The van der Waals surface area contributed by atoms with Crippen molar-refractivity contribution in [1.29, 1.82) is 0 Å². The lowest BCUT2D eigenvalue weighted by molar-refractivity contribution is -0.139. The summed E-state index contributed by atoms with van der Waals surface area (Å²) in [6.45, 7) is 8.79. The fraction of sp³-hybridized carbons (Fsp3) is 0.421. The maximum atomic E-state index is 12.6. The van der Waals surface area contributed by atoms with Crippen LogP contribution in [0.4, 0.5) is 0 Å². The molecular formula is C19H23NO6. The molecule has 2 heterocycles. The van der Waals surface area contributed by atoms with Gasteiger partial charge in [0.2, 0.25) is 0 Å². The topological polar surface area (TPSA) is 94.8 Å². The molecule has 1 aromatic rings. The van der Waals surface area contributed by atoms with Crippen molar-refractivity contribution in [1.82, 2.24) is 5.32 Å². The summed E-state index contributed by atoms with van der Waals surface area (Å²) >= 11 is 0. The highest BCUT2D eigenvalue weighted by molar-refractivity contribution is 5.99. The van der Waals surface area contributed by atoms with Gasteiger partial charge in [0, 0.05) is 23.5 Å². The quantitative estimate of drug-likeness (QED) is 0.804. The molecule has 0 spiro atoms. The summed E-state index contributed by atoms with van der Waals surface area (Å²) in [5.41, 5.74) is 1.22. The van der Waals surface area contributed by atoms with Gasteiger partial charge in [-0.25, -0.2) is 9.59 Å². The van der Waals surface area contributed by atoms with E-state index >= 15 is 0 Å². The van der Waals surface area contributed by atoms with Crippen molar-refractivity contribution in [3.63, 3.8) is 0 Å². The number of dihydropyridines is 1. The van der Waals surface area contributed by atoms with Crippen molar-refractivity contribution in [2.45, 2.75) is 40.5 Å². The van der Waals surface area contributed by atoms with E-state index in [2.05, 4.69) is 5.32 Å². The van der Waals surface area contributed by atoms with E-state index in [4.69, 9.17) is 13.9 Å². The van der Waals surface area contributed by atoms with Crippen molar-refractivity contribution in [2.75, 3.05) is 13.2 Å². The van der Waals surface area contributed by atoms with Crippen LogP contribution in [-0.2, 0) is 19.1 Å². The summed E-state index contributed by atoms with van der Waals surface area (Å²) in [6.07, 6.45) is 0. The Morgan fingerprint density at radius 1 is 1.00 bits per heavy atom. The molecule has 0 atom stereocenters. The number of carbonyl (C=O) groups excluding carboxylic acids is 2. The Morgan fingerprint density at radius 3 is 1.92 bits per heavy atom. The molecule has 1 aliphatic rings. The second kappa shape index (κ2) is 8.03. The first-order valence-corrected chi connectivity index (χ1v) is 8.44. The number of nitrogens with one attached hydrogen (secondary N) is 1. The summed E-state index contributed by atoms with van der Waals surface area (Å²) in [5, 5.41) is 3.02. The van der Waals surface area contributed by atoms with Crippen LogP contribution in [-0.4, -0.2) is 25.2 Å². The fourth-order valence-electron chi connectivity index (χ4n) is 3.01. The predicted octanol–water partition coefficient (Wildman–Crippen LogP) is 2.31. The molecule has 1 N–H and O–H groups in total. The average molecular weight is 361 g/mol. The third-order valence-corrected chi connectivity index (χ3v) is 3.94. The van der Waals surface area contributed by atoms with Gasteiger partial charge in [-0.15, -0.1) is 0 Å². The van der Waals surface area contributed by atoms with Crippen LogP contribution >= 0.6 is 0 Å². The van der Waals surface area contributed by atoms with Crippen LogP contribution in [0, 0.1) is 6.92 Å². The number of ether oxygens (including phenoxy) is 2. The Labute approximate surface area is 151 Å². The smallest absolute Gasteiger partial charge is 0.336 e. The van der Waals surface area contributed by atoms with Crippen molar-refractivity contribution < 1.29 is 23.5 Å². The lowest BCUT2D eigenvalue weighted by atomic mass is 9.83. The van der Waals surface area contributed by atoms with Gasteiger partial charge in [-0.05, 0) is 34.6 Å². The maximum Gasteiger partial charge on any atom is 0.336 e. The molecule has 7 nitrogen and oxygen atoms in total. The van der Waals surface area contributed by atoms with E-state index in [1.165, 1.54) is 12.1 Å². The largest absolute Gasteiger partial charge is 0.465 e. The van der Waals surface area contributed by atoms with Gasteiger partial charge in [-0.2, -0.15) is 0 Å². The molecule has 0 saturated heterocycles. The molecule has 7 heteroatoms. The van der Waals surface area contributed by atoms with Crippen LogP contribution in [0.1, 0.15) is 45.1 Å². The molecule has 26 heavy (non-hydrogen) atoms. The van der Waals surface area contributed by atoms with E-state index in [1.54, 1.807) is 34.6 Å². The standard InChI is InChI=1S/C19H23NO6/c1-6-24-18(22)15-11(4)20-12(5)16(19(23)25-7-2)17(15)14-9-13(21)8-10(3)26-14/h8-9,17,20H,6-7H2,1-5H3. The summed E-state index contributed by atoms with van der Waals surface area (Å²) in [6, 6.07) is 2.62. The molecule has 140 valence electrons. The number of allylic oxidation sites excluding steroid dienone is 2. The number of hydrogen-bond acceptors (Lipinski definition) is 7. The monoisotopic (exact) mass is 361 g/mol. The van der Waals surface area contributed by atoms with E-state index in [0.717, 1.165) is 0 Å². The molecule has 1 aromatic heterocycles. The van der Waals surface area contributed by atoms with Crippen LogP contribution in [0.2, 0.25) is 0 Å². The number of aryl methyl sites for hydroxylation is 1. The van der Waals surface area contributed by atoms with Crippen molar-refractivity contribution in [3.8, 4) is 0 Å². The summed E-state index contributed by atoms with van der Waals surface area (Å²) in [4.78, 5) is 37.1. The molecule has 0 bridgehead atoms. The van der Waals surface area contributed by atoms with E-state index in [9.17, 15) is 14.4 Å². The number of hydrogen-bond donors (Lipinski definition) is 1. The molecule has 2 rings (SSSR count). The maximum absolute atomic E-state index is 12.6. The summed E-state index contributed by atoms with van der Waals surface area (Å²) in [7, 11) is 0. The number of esters is 2. The Hall–Kier alpha value is -2.83. The van der Waals surface area contributed by atoms with Crippen molar-refractivity contribution in [3.05, 3.63) is 56.4 Å². The lowest BCUT2D eigenvalue weighted by Gasteiger charge is -2.29. The zero-order valence-electron chi connectivity index (χ0n) is 15.6. The fourth-order valence-corrected chi connectivity index (χ4v) is 3.01. The first-order chi connectivity index (χ1) is 12.3. The van der Waals surface area contributed by atoms with Crippen LogP contribution in [0.25, 0.3) is 0 Å². The van der Waals surface area contributed by atoms with Crippen molar-refractivity contribution >= 4 is 11.9 Å². The second-order valence-corrected chi connectivity index (χ2v) is 5.88. The van der Waals surface area contributed by atoms with Crippen LogP contribution in [0.5, 0.6) is 0 Å². The van der Waals surface area contributed by atoms with Gasteiger partial charge < -0.3 is 19.2 Å². The van der Waals surface area contributed by atoms with E-state index in [0.29, 0.717) is 17.2 Å². The first-order valence-electron chi connectivity index (χ1n) is 8.44. The third kappa shape index (κ3) is 3.87. The Bertz CT molecular complexity index is 806. The summed E-state index contributed by atoms with van der Waals surface area (Å²) in [5.74, 6) is -1.47. The van der Waals surface area contributed by atoms with Gasteiger partial charge in [0.1, 0.15) is 11.5 Å². The number of rotatable bonds is 5. The SMILES string of the molecule is CCOC(=O)C1=C(C)NC(C)=C(C(=O)OCC)C1c1cc(=O)cc(C)o1. The molecule has 0 aromatic carbocycles. The number of carbonyl (C=O) groups is 2. The highest BCUT2D eigenvalue weighted by Crippen LogP contribution is 2.39. The third-order valence-electron chi connectivity index (χ3n) is 3.94. The van der Waals surface area contributed by atoms with Gasteiger partial charge in [-0.1, -0.05) is 0 Å². The molecule has 0 amide bonds. The molecule has 0 unspecified atom stereocenters. The highest BCUT2D eigenvalue weighted by Gasteiger charge is 2.39. The first kappa shape index (κ1) is 19.5. The van der Waals surface area contributed by atoms with Crippen molar-refractivity contribution in [2.24, 2.45) is 0 Å². The van der Waals surface area contributed by atoms with E-state index in [-0.39, 0.29) is 35.5 Å². The minimum atomic E-state index is -0.887. The molecular weight excluding hydrogens is 338 g/mol. The Balaban J connectivity index is 2.71. The molecule has 0 saturated carbocycles. The van der Waals surface area contributed by atoms with Crippen LogP contribution in [0.15, 0.2) is 43.9 Å². The van der Waals surface area contributed by atoms with E-state index in [1.807, 2.05) is 0 Å². The normalized spacial score (nSPS) is 15.0. The van der Waals surface area contributed by atoms with Crippen LogP contribution < -0.4 is 10.7 Å². The zero-order valence-corrected chi connectivity index (χ0v) is 15.6. The summed E-state index contributed by atoms with van der Waals surface area (Å²) < 4.78 is 16.0. The average Bonchev–Trinajstić information content (AvgIpc) is 2.53.